The zero-order chi connectivity index (χ0) is 16.4. The van der Waals surface area contributed by atoms with Gasteiger partial charge in [-0.2, -0.15) is 4.99 Å². The number of hydrogen-bond donors (Lipinski definition) is 0. The normalized spacial score (nSPS) is 18.7. The molecule has 2 amide bonds. The number of hydrogen-bond acceptors (Lipinski definition) is 2. The lowest BCUT2D eigenvalue weighted by molar-refractivity contribution is 0.213. The Labute approximate surface area is 138 Å². The number of rotatable bonds is 2. The fraction of sp³-hybridized carbons (Fsp3) is 0.412. The van der Waals surface area contributed by atoms with Crippen molar-refractivity contribution in [3.05, 3.63) is 45.7 Å². The monoisotopic (exact) mass is 333 g/mol. The molecule has 2 aromatic rings. The third-order valence-electron chi connectivity index (χ3n) is 3.98. The zero-order valence-electron chi connectivity index (χ0n) is 13.3. The number of amides is 2. The lowest BCUT2D eigenvalue weighted by Gasteiger charge is -2.11. The Morgan fingerprint density at radius 3 is 2.74 bits per heavy atom. The number of carbonyl (C=O) groups excluding carboxylic acids is 1. The number of urea groups is 1. The van der Waals surface area contributed by atoms with Crippen molar-refractivity contribution in [3.8, 4) is 5.69 Å². The fourth-order valence-electron chi connectivity index (χ4n) is 2.65. The summed E-state index contributed by atoms with van der Waals surface area (Å²) in [7, 11) is 0. The second kappa shape index (κ2) is 6.66. The molecule has 1 aliphatic heterocycles. The van der Waals surface area contributed by atoms with Crippen molar-refractivity contribution in [3.63, 3.8) is 0 Å². The van der Waals surface area contributed by atoms with Crippen LogP contribution < -0.4 is 4.80 Å². The van der Waals surface area contributed by atoms with Gasteiger partial charge in [-0.15, -0.1) is 11.3 Å². The third kappa shape index (κ3) is 3.52. The molecule has 0 unspecified atom stereocenters. The van der Waals surface area contributed by atoms with Gasteiger partial charge in [-0.1, -0.05) is 19.1 Å². The molecule has 2 heterocycles. The minimum Gasteiger partial charge on any atom is -0.320 e. The molecule has 0 bridgehead atoms. The van der Waals surface area contributed by atoms with E-state index in [-0.39, 0.29) is 12.6 Å². The number of aromatic nitrogens is 1. The zero-order valence-corrected chi connectivity index (χ0v) is 14.1. The van der Waals surface area contributed by atoms with Crippen molar-refractivity contribution in [1.82, 2.24) is 9.47 Å². The average molecular weight is 333 g/mol. The molecule has 1 aliphatic rings. The van der Waals surface area contributed by atoms with Gasteiger partial charge in [0.1, 0.15) is 6.17 Å². The van der Waals surface area contributed by atoms with Gasteiger partial charge in [-0.3, -0.25) is 4.57 Å². The van der Waals surface area contributed by atoms with Crippen LogP contribution in [0.15, 0.2) is 35.5 Å². The van der Waals surface area contributed by atoms with Crippen molar-refractivity contribution < 1.29 is 9.18 Å². The van der Waals surface area contributed by atoms with Gasteiger partial charge < -0.3 is 4.90 Å². The van der Waals surface area contributed by atoms with Crippen LogP contribution >= 0.6 is 11.3 Å². The summed E-state index contributed by atoms with van der Waals surface area (Å²) in [5.41, 5.74) is 2.24. The van der Waals surface area contributed by atoms with Crippen molar-refractivity contribution in [2.24, 2.45) is 4.99 Å². The first kappa shape index (κ1) is 15.9. The van der Waals surface area contributed by atoms with Crippen LogP contribution in [0.25, 0.3) is 5.69 Å². The van der Waals surface area contributed by atoms with E-state index in [1.165, 1.54) is 21.8 Å². The van der Waals surface area contributed by atoms with E-state index >= 15 is 0 Å². The highest BCUT2D eigenvalue weighted by Crippen LogP contribution is 2.14. The number of likely N-dealkylation sites (tertiary alicyclic amines) is 1. The molecule has 1 saturated heterocycles. The Kier molecular flexibility index (Phi) is 4.61. The molecule has 0 spiro atoms. The SMILES string of the molecule is CCc1ccc(-n2cc(C)sc2=NC(=O)N2CC[C@@H](F)C2)cc1. The summed E-state index contributed by atoms with van der Waals surface area (Å²) in [6, 6.07) is 7.86. The van der Waals surface area contributed by atoms with Crippen molar-refractivity contribution in [2.75, 3.05) is 13.1 Å². The van der Waals surface area contributed by atoms with Gasteiger partial charge in [-0.05, 0) is 37.5 Å². The number of thiazole rings is 1. The minimum absolute atomic E-state index is 0.151. The van der Waals surface area contributed by atoms with Crippen LogP contribution in [0.3, 0.4) is 0 Å². The van der Waals surface area contributed by atoms with Gasteiger partial charge in [0.25, 0.3) is 0 Å². The quantitative estimate of drug-likeness (QED) is 0.829. The maximum atomic E-state index is 13.3. The van der Waals surface area contributed by atoms with E-state index in [9.17, 15) is 9.18 Å². The molecule has 1 fully saturated rings. The first-order valence-electron chi connectivity index (χ1n) is 7.83. The smallest absolute Gasteiger partial charge is 0.320 e. The van der Waals surface area contributed by atoms with Crippen LogP contribution in [0.5, 0.6) is 0 Å². The van der Waals surface area contributed by atoms with Crippen LogP contribution in [0.1, 0.15) is 23.8 Å². The van der Waals surface area contributed by atoms with Gasteiger partial charge in [-0.25, -0.2) is 9.18 Å². The van der Waals surface area contributed by atoms with Crippen molar-refractivity contribution in [2.45, 2.75) is 32.9 Å². The van der Waals surface area contributed by atoms with E-state index in [2.05, 4.69) is 24.0 Å². The van der Waals surface area contributed by atoms with Crippen LogP contribution in [0, 0.1) is 6.92 Å². The molecule has 1 aromatic heterocycles. The second-order valence-corrected chi connectivity index (χ2v) is 6.95. The molecule has 1 atom stereocenters. The standard InChI is InChI=1S/C17H20FN3OS/c1-3-13-4-6-15(7-5-13)21-10-12(2)23-17(21)19-16(22)20-9-8-14(18)11-20/h4-7,10,14H,3,8-9,11H2,1-2H3/t14-/m1/s1. The highest BCUT2D eigenvalue weighted by molar-refractivity contribution is 7.09. The fourth-order valence-corrected chi connectivity index (χ4v) is 3.48. The Morgan fingerprint density at radius 1 is 1.39 bits per heavy atom. The molecule has 1 aromatic carbocycles. The molecule has 0 aliphatic carbocycles. The summed E-state index contributed by atoms with van der Waals surface area (Å²) in [4.78, 5) is 19.6. The largest absolute Gasteiger partial charge is 0.346 e. The lowest BCUT2D eigenvalue weighted by Crippen LogP contribution is -2.28. The van der Waals surface area contributed by atoms with Crippen LogP contribution in [0.4, 0.5) is 9.18 Å². The van der Waals surface area contributed by atoms with E-state index in [0.29, 0.717) is 17.8 Å². The molecule has 6 heteroatoms. The van der Waals surface area contributed by atoms with E-state index in [1.807, 2.05) is 29.8 Å². The first-order chi connectivity index (χ1) is 11.1. The van der Waals surface area contributed by atoms with Gasteiger partial charge in [0.2, 0.25) is 0 Å². The first-order valence-corrected chi connectivity index (χ1v) is 8.64. The number of nitrogens with zero attached hydrogens (tertiary/aromatic N) is 3. The molecular weight excluding hydrogens is 313 g/mol. The predicted molar refractivity (Wildman–Crippen MR) is 89.8 cm³/mol. The summed E-state index contributed by atoms with van der Waals surface area (Å²) in [5.74, 6) is 0. The Balaban J connectivity index is 1.93. The van der Waals surface area contributed by atoms with Gasteiger partial charge in [0.15, 0.2) is 4.80 Å². The molecule has 0 radical (unpaired) electrons. The van der Waals surface area contributed by atoms with E-state index in [4.69, 9.17) is 0 Å². The summed E-state index contributed by atoms with van der Waals surface area (Å²) in [5, 5.41) is 0. The van der Waals surface area contributed by atoms with Crippen LogP contribution in [-0.4, -0.2) is 34.8 Å². The maximum Gasteiger partial charge on any atom is 0.346 e. The maximum absolute atomic E-state index is 13.3. The summed E-state index contributed by atoms with van der Waals surface area (Å²) in [6.45, 7) is 4.69. The minimum atomic E-state index is -0.923. The van der Waals surface area contributed by atoms with E-state index in [0.717, 1.165) is 17.0 Å². The molecular formula is C17H20FN3OS. The molecule has 4 nitrogen and oxygen atoms in total. The van der Waals surface area contributed by atoms with Gasteiger partial charge in [0.05, 0.1) is 6.54 Å². The van der Waals surface area contributed by atoms with E-state index in [1.54, 1.807) is 0 Å². The predicted octanol–water partition coefficient (Wildman–Crippen LogP) is 3.47. The highest BCUT2D eigenvalue weighted by atomic mass is 32.1. The number of benzene rings is 1. The van der Waals surface area contributed by atoms with E-state index < -0.39 is 6.17 Å². The number of alkyl halides is 1. The molecule has 3 rings (SSSR count). The van der Waals surface area contributed by atoms with Gasteiger partial charge in [0, 0.05) is 23.3 Å². The summed E-state index contributed by atoms with van der Waals surface area (Å²) < 4.78 is 15.2. The second-order valence-electron chi connectivity index (χ2n) is 5.74. The Morgan fingerprint density at radius 2 is 2.13 bits per heavy atom. The van der Waals surface area contributed by atoms with Gasteiger partial charge >= 0.3 is 6.03 Å². The molecule has 0 saturated carbocycles. The summed E-state index contributed by atoms with van der Waals surface area (Å²) >= 11 is 1.46. The van der Waals surface area contributed by atoms with Crippen molar-refractivity contribution >= 4 is 17.4 Å². The molecule has 0 N–H and O–H groups in total. The Bertz CT molecular complexity index is 763. The number of carbonyl (C=O) groups is 1. The number of halogens is 1. The Hall–Kier alpha value is -1.95. The average Bonchev–Trinajstić information content (AvgIpc) is 3.13. The number of aryl methyl sites for hydroxylation is 2. The molecule has 23 heavy (non-hydrogen) atoms. The highest BCUT2D eigenvalue weighted by Gasteiger charge is 2.25. The van der Waals surface area contributed by atoms with Crippen molar-refractivity contribution in [1.29, 1.82) is 0 Å². The lowest BCUT2D eigenvalue weighted by atomic mass is 10.1. The topological polar surface area (TPSA) is 37.6 Å². The molecule has 122 valence electrons. The van der Waals surface area contributed by atoms with Crippen LogP contribution in [-0.2, 0) is 6.42 Å². The summed E-state index contributed by atoms with van der Waals surface area (Å²) in [6.07, 6.45) is 2.44. The third-order valence-corrected chi connectivity index (χ3v) is 4.88. The van der Waals surface area contributed by atoms with Crippen LogP contribution in [0.2, 0.25) is 0 Å².